The van der Waals surface area contributed by atoms with Crippen LogP contribution in [0.4, 0.5) is 5.69 Å². The molecule has 1 saturated carbocycles. The number of anilines is 1. The topological polar surface area (TPSA) is 70.7 Å². The molecule has 1 unspecified atom stereocenters. The van der Waals surface area contributed by atoms with E-state index in [0.717, 1.165) is 44.8 Å². The maximum atomic E-state index is 11.9. The number of benzene rings is 1. The molecular formula is C18H25N3O3. The smallest absolute Gasteiger partial charge is 0.243 e. The zero-order valence-electron chi connectivity index (χ0n) is 14.1. The molecule has 0 radical (unpaired) electrons. The fourth-order valence-corrected chi connectivity index (χ4v) is 2.88. The van der Waals surface area contributed by atoms with Crippen LogP contribution in [0.25, 0.3) is 0 Å². The van der Waals surface area contributed by atoms with Crippen molar-refractivity contribution in [2.75, 3.05) is 38.2 Å². The lowest BCUT2D eigenvalue weighted by Gasteiger charge is -2.32. The Morgan fingerprint density at radius 3 is 2.50 bits per heavy atom. The second kappa shape index (κ2) is 7.77. The normalized spacial score (nSPS) is 19.5. The molecule has 3 rings (SSSR count). The summed E-state index contributed by atoms with van der Waals surface area (Å²) in [6, 6.07) is 8.23. The van der Waals surface area contributed by atoms with Crippen molar-refractivity contribution in [3.05, 3.63) is 29.8 Å². The predicted molar refractivity (Wildman–Crippen MR) is 91.6 cm³/mol. The van der Waals surface area contributed by atoms with Gasteiger partial charge in [0.15, 0.2) is 0 Å². The third-order valence-corrected chi connectivity index (χ3v) is 4.64. The van der Waals surface area contributed by atoms with Crippen LogP contribution >= 0.6 is 0 Å². The Bertz CT molecular complexity index is 578. The van der Waals surface area contributed by atoms with E-state index in [-0.39, 0.29) is 24.3 Å². The zero-order chi connectivity index (χ0) is 16.9. The number of carbonyl (C=O) groups is 2. The van der Waals surface area contributed by atoms with Gasteiger partial charge in [-0.05, 0) is 37.5 Å². The first-order valence-electron chi connectivity index (χ1n) is 8.63. The summed E-state index contributed by atoms with van der Waals surface area (Å²) in [4.78, 5) is 25.8. The van der Waals surface area contributed by atoms with Gasteiger partial charge in [0.05, 0.1) is 19.8 Å². The first kappa shape index (κ1) is 16.9. The lowest BCUT2D eigenvalue weighted by Crippen LogP contribution is -2.38. The highest BCUT2D eigenvalue weighted by Gasteiger charge is 2.29. The number of hydrogen-bond acceptors (Lipinski definition) is 4. The molecule has 1 aliphatic carbocycles. The van der Waals surface area contributed by atoms with Gasteiger partial charge in [0.2, 0.25) is 11.8 Å². The summed E-state index contributed by atoms with van der Waals surface area (Å²) in [6.45, 7) is 5.67. The monoisotopic (exact) mass is 331 g/mol. The third-order valence-electron chi connectivity index (χ3n) is 4.64. The fourth-order valence-electron chi connectivity index (χ4n) is 2.88. The molecule has 1 heterocycles. The predicted octanol–water partition coefficient (Wildman–Crippen LogP) is 1.54. The van der Waals surface area contributed by atoms with Crippen molar-refractivity contribution in [3.8, 4) is 0 Å². The number of rotatable bonds is 6. The Labute approximate surface area is 142 Å². The quantitative estimate of drug-likeness (QED) is 0.830. The second-order valence-electron chi connectivity index (χ2n) is 6.49. The van der Waals surface area contributed by atoms with Crippen LogP contribution in [0.5, 0.6) is 0 Å². The van der Waals surface area contributed by atoms with Gasteiger partial charge in [-0.25, -0.2) is 0 Å². The van der Waals surface area contributed by atoms with Gasteiger partial charge >= 0.3 is 0 Å². The van der Waals surface area contributed by atoms with E-state index in [2.05, 4.69) is 22.5 Å². The van der Waals surface area contributed by atoms with E-state index >= 15 is 0 Å². The van der Waals surface area contributed by atoms with Gasteiger partial charge in [-0.2, -0.15) is 0 Å². The van der Waals surface area contributed by atoms with Gasteiger partial charge in [-0.1, -0.05) is 12.1 Å². The Hall–Kier alpha value is -1.92. The number of ether oxygens (including phenoxy) is 1. The van der Waals surface area contributed by atoms with Crippen LogP contribution < -0.4 is 10.6 Å². The molecule has 6 heteroatoms. The highest BCUT2D eigenvalue weighted by molar-refractivity contribution is 5.95. The van der Waals surface area contributed by atoms with E-state index in [1.165, 1.54) is 5.56 Å². The van der Waals surface area contributed by atoms with Crippen molar-refractivity contribution in [2.45, 2.75) is 25.8 Å². The molecule has 2 N–H and O–H groups in total. The van der Waals surface area contributed by atoms with Gasteiger partial charge < -0.3 is 15.4 Å². The van der Waals surface area contributed by atoms with Crippen molar-refractivity contribution in [1.29, 1.82) is 0 Å². The van der Waals surface area contributed by atoms with Crippen LogP contribution in [0.1, 0.15) is 31.4 Å². The molecule has 0 spiro atoms. The molecule has 24 heavy (non-hydrogen) atoms. The van der Waals surface area contributed by atoms with Crippen LogP contribution in [0, 0.1) is 5.92 Å². The van der Waals surface area contributed by atoms with Gasteiger partial charge in [-0.15, -0.1) is 0 Å². The Balaban J connectivity index is 1.48. The van der Waals surface area contributed by atoms with Crippen molar-refractivity contribution in [1.82, 2.24) is 10.2 Å². The largest absolute Gasteiger partial charge is 0.379 e. The lowest BCUT2D eigenvalue weighted by molar-refractivity contribution is -0.125. The summed E-state index contributed by atoms with van der Waals surface area (Å²) in [5, 5.41) is 5.48. The molecule has 1 atom stereocenters. The highest BCUT2D eigenvalue weighted by atomic mass is 16.5. The molecule has 0 aromatic heterocycles. The molecule has 130 valence electrons. The molecule has 1 aromatic carbocycles. The van der Waals surface area contributed by atoms with Gasteiger partial charge in [-0.3, -0.25) is 14.5 Å². The van der Waals surface area contributed by atoms with Crippen molar-refractivity contribution in [2.24, 2.45) is 5.92 Å². The van der Waals surface area contributed by atoms with Crippen molar-refractivity contribution >= 4 is 17.5 Å². The van der Waals surface area contributed by atoms with Crippen molar-refractivity contribution in [3.63, 3.8) is 0 Å². The molecule has 2 aliphatic rings. The minimum atomic E-state index is -0.196. The number of nitrogens with zero attached hydrogens (tertiary/aromatic N) is 1. The van der Waals surface area contributed by atoms with Crippen LogP contribution in [0.15, 0.2) is 24.3 Å². The van der Waals surface area contributed by atoms with Crippen LogP contribution in [0.2, 0.25) is 0 Å². The Kier molecular flexibility index (Phi) is 5.48. The Morgan fingerprint density at radius 2 is 1.88 bits per heavy atom. The highest BCUT2D eigenvalue weighted by Crippen LogP contribution is 2.28. The standard InChI is InChI=1S/C18H25N3O3/c1-13(21-8-10-24-11-9-21)14-4-6-16(7-5-14)20-17(22)12-19-18(23)15-2-3-15/h4-7,13,15H,2-3,8-12H2,1H3,(H,19,23)(H,20,22). The Morgan fingerprint density at radius 1 is 1.21 bits per heavy atom. The third kappa shape index (κ3) is 4.55. The van der Waals surface area contributed by atoms with E-state index in [9.17, 15) is 9.59 Å². The molecule has 2 amide bonds. The number of nitrogens with one attached hydrogen (secondary N) is 2. The summed E-state index contributed by atoms with van der Waals surface area (Å²) >= 11 is 0. The molecule has 1 aliphatic heterocycles. The molecule has 2 fully saturated rings. The maximum absolute atomic E-state index is 11.9. The van der Waals surface area contributed by atoms with Gasteiger partial charge in [0, 0.05) is 30.7 Å². The number of amides is 2. The second-order valence-corrected chi connectivity index (χ2v) is 6.49. The number of hydrogen-bond donors (Lipinski definition) is 2. The maximum Gasteiger partial charge on any atom is 0.243 e. The first-order valence-corrected chi connectivity index (χ1v) is 8.63. The molecule has 6 nitrogen and oxygen atoms in total. The minimum absolute atomic E-state index is 0.0140. The van der Waals surface area contributed by atoms with E-state index in [1.807, 2.05) is 24.3 Å². The first-order chi connectivity index (χ1) is 11.6. The molecular weight excluding hydrogens is 306 g/mol. The average molecular weight is 331 g/mol. The van der Waals surface area contributed by atoms with E-state index in [1.54, 1.807) is 0 Å². The van der Waals surface area contributed by atoms with Crippen LogP contribution in [-0.2, 0) is 14.3 Å². The minimum Gasteiger partial charge on any atom is -0.379 e. The van der Waals surface area contributed by atoms with Crippen LogP contribution in [-0.4, -0.2) is 49.6 Å². The summed E-state index contributed by atoms with van der Waals surface area (Å²) < 4.78 is 5.39. The van der Waals surface area contributed by atoms with Gasteiger partial charge in [0.1, 0.15) is 0 Å². The summed E-state index contributed by atoms with van der Waals surface area (Å²) in [5.41, 5.74) is 1.97. The fraction of sp³-hybridized carbons (Fsp3) is 0.556. The number of carbonyl (C=O) groups excluding carboxylic acids is 2. The van der Waals surface area contributed by atoms with E-state index < -0.39 is 0 Å². The van der Waals surface area contributed by atoms with E-state index in [0.29, 0.717) is 6.04 Å². The van der Waals surface area contributed by atoms with Crippen LogP contribution in [0.3, 0.4) is 0 Å². The summed E-state index contributed by atoms with van der Waals surface area (Å²) in [7, 11) is 0. The zero-order valence-corrected chi connectivity index (χ0v) is 14.1. The molecule has 1 aromatic rings. The summed E-state index contributed by atoms with van der Waals surface area (Å²) in [5.74, 6) is -0.0865. The average Bonchev–Trinajstić information content (AvgIpc) is 3.46. The molecule has 1 saturated heterocycles. The molecule has 0 bridgehead atoms. The lowest BCUT2D eigenvalue weighted by atomic mass is 10.1. The van der Waals surface area contributed by atoms with E-state index in [4.69, 9.17) is 4.74 Å². The van der Waals surface area contributed by atoms with Gasteiger partial charge in [0.25, 0.3) is 0 Å². The van der Waals surface area contributed by atoms with Crippen molar-refractivity contribution < 1.29 is 14.3 Å². The number of morpholine rings is 1. The summed E-state index contributed by atoms with van der Waals surface area (Å²) in [6.07, 6.45) is 1.88. The SMILES string of the molecule is CC(c1ccc(NC(=O)CNC(=O)C2CC2)cc1)N1CCOCC1.